The van der Waals surface area contributed by atoms with Crippen LogP contribution in [0.25, 0.3) is 21.5 Å². The summed E-state index contributed by atoms with van der Waals surface area (Å²) in [4.78, 5) is 21.7. The predicted molar refractivity (Wildman–Crippen MR) is 129 cm³/mol. The van der Waals surface area contributed by atoms with Gasteiger partial charge in [-0.2, -0.15) is 8.68 Å². The number of nitro groups is 1. The Morgan fingerprint density at radius 1 is 0.971 bits per heavy atom. The van der Waals surface area contributed by atoms with Crippen molar-refractivity contribution in [3.05, 3.63) is 70.5 Å². The van der Waals surface area contributed by atoms with Gasteiger partial charge in [-0.1, -0.05) is 17.7 Å². The second kappa shape index (κ2) is 8.70. The number of nitro benzene ring substituents is 1. The highest BCUT2D eigenvalue weighted by Crippen LogP contribution is 2.35. The topological polar surface area (TPSA) is 122 Å². The molecule has 10 nitrogen and oxygen atoms in total. The Kier molecular flexibility index (Phi) is 5.71. The SMILES string of the molecule is Cc1ccc(S(=O)(=O)N2CCN(c3ncnc4c(-c5ccc([N+](=O)[O-])cc5)nsc34)CC2)cc1. The van der Waals surface area contributed by atoms with Crippen LogP contribution in [0.3, 0.4) is 0 Å². The van der Waals surface area contributed by atoms with E-state index in [1.165, 1.54) is 34.3 Å². The van der Waals surface area contributed by atoms with Crippen molar-refractivity contribution in [1.82, 2.24) is 18.6 Å². The molecule has 0 aliphatic carbocycles. The minimum absolute atomic E-state index is 0.0112. The number of nitrogens with zero attached hydrogens (tertiary/aromatic N) is 6. The zero-order valence-electron chi connectivity index (χ0n) is 18.2. The maximum atomic E-state index is 13.0. The number of aryl methyl sites for hydroxylation is 1. The summed E-state index contributed by atoms with van der Waals surface area (Å²) in [5.74, 6) is 0.711. The number of hydrogen-bond donors (Lipinski definition) is 0. The van der Waals surface area contributed by atoms with Gasteiger partial charge in [0.1, 0.15) is 22.2 Å². The van der Waals surface area contributed by atoms with E-state index in [2.05, 4.69) is 14.3 Å². The molecular formula is C22H20N6O4S2. The van der Waals surface area contributed by atoms with Gasteiger partial charge in [-0.3, -0.25) is 10.1 Å². The summed E-state index contributed by atoms with van der Waals surface area (Å²) < 4.78 is 32.9. The molecular weight excluding hydrogens is 476 g/mol. The maximum Gasteiger partial charge on any atom is 0.269 e. The number of rotatable bonds is 5. The van der Waals surface area contributed by atoms with Crippen molar-refractivity contribution in [2.75, 3.05) is 31.1 Å². The smallest absolute Gasteiger partial charge is 0.269 e. The van der Waals surface area contributed by atoms with Crippen LogP contribution in [0.2, 0.25) is 0 Å². The highest BCUT2D eigenvalue weighted by Gasteiger charge is 2.30. The molecule has 1 fully saturated rings. The fourth-order valence-electron chi connectivity index (χ4n) is 3.91. The lowest BCUT2D eigenvalue weighted by molar-refractivity contribution is -0.384. The van der Waals surface area contributed by atoms with E-state index in [1.807, 2.05) is 11.8 Å². The highest BCUT2D eigenvalue weighted by molar-refractivity contribution is 7.89. The molecule has 0 saturated carbocycles. The van der Waals surface area contributed by atoms with Crippen LogP contribution in [-0.2, 0) is 10.0 Å². The number of sulfonamides is 1. The average Bonchev–Trinajstić information content (AvgIpc) is 3.29. The number of piperazine rings is 1. The minimum atomic E-state index is -3.55. The van der Waals surface area contributed by atoms with Gasteiger partial charge in [-0.05, 0) is 42.7 Å². The van der Waals surface area contributed by atoms with Crippen molar-refractivity contribution in [3.63, 3.8) is 0 Å². The molecule has 0 atom stereocenters. The molecule has 0 spiro atoms. The minimum Gasteiger partial charge on any atom is -0.353 e. The van der Waals surface area contributed by atoms with Gasteiger partial charge < -0.3 is 4.90 Å². The van der Waals surface area contributed by atoms with Crippen LogP contribution in [0, 0.1) is 17.0 Å². The number of benzene rings is 2. The zero-order valence-corrected chi connectivity index (χ0v) is 19.8. The third kappa shape index (κ3) is 4.00. The van der Waals surface area contributed by atoms with Crippen LogP contribution < -0.4 is 4.90 Å². The second-order valence-electron chi connectivity index (χ2n) is 7.91. The molecule has 2 aromatic heterocycles. The summed E-state index contributed by atoms with van der Waals surface area (Å²) in [6.45, 7) is 3.58. The fourth-order valence-corrected chi connectivity index (χ4v) is 6.20. The first-order valence-electron chi connectivity index (χ1n) is 10.5. The van der Waals surface area contributed by atoms with Crippen LogP contribution in [-0.4, -0.2) is 58.2 Å². The number of anilines is 1. The van der Waals surface area contributed by atoms with E-state index in [0.29, 0.717) is 48.1 Å². The van der Waals surface area contributed by atoms with E-state index in [1.54, 1.807) is 36.4 Å². The van der Waals surface area contributed by atoms with Gasteiger partial charge in [0.15, 0.2) is 5.82 Å². The Morgan fingerprint density at radius 3 is 2.29 bits per heavy atom. The molecule has 12 heteroatoms. The number of aromatic nitrogens is 3. The third-order valence-electron chi connectivity index (χ3n) is 5.79. The molecule has 3 heterocycles. The normalized spacial score (nSPS) is 15.0. The van der Waals surface area contributed by atoms with Gasteiger partial charge in [0, 0.05) is 43.9 Å². The molecule has 1 saturated heterocycles. The van der Waals surface area contributed by atoms with Gasteiger partial charge in [0.2, 0.25) is 10.0 Å². The number of fused-ring (bicyclic) bond motifs is 1. The van der Waals surface area contributed by atoms with Gasteiger partial charge >= 0.3 is 0 Å². The van der Waals surface area contributed by atoms with Crippen LogP contribution in [0.5, 0.6) is 0 Å². The standard InChI is InChI=1S/C22H20N6O4S2/c1-15-2-8-18(9-3-15)34(31,32)27-12-10-26(11-13-27)22-21-20(23-14-24-22)19(25-33-21)16-4-6-17(7-5-16)28(29)30/h2-9,14H,10-13H2,1H3. The summed E-state index contributed by atoms with van der Waals surface area (Å²) in [7, 11) is -3.55. The lowest BCUT2D eigenvalue weighted by atomic mass is 10.1. The van der Waals surface area contributed by atoms with Gasteiger partial charge in [0.25, 0.3) is 5.69 Å². The first-order valence-corrected chi connectivity index (χ1v) is 12.7. The molecule has 174 valence electrons. The van der Waals surface area contributed by atoms with Crippen molar-refractivity contribution >= 4 is 43.3 Å². The van der Waals surface area contributed by atoms with Crippen LogP contribution >= 0.6 is 11.5 Å². The van der Waals surface area contributed by atoms with Gasteiger partial charge in [0.05, 0.1) is 9.82 Å². The molecule has 4 aromatic rings. The monoisotopic (exact) mass is 496 g/mol. The quantitative estimate of drug-likeness (QED) is 0.304. The Morgan fingerprint density at radius 2 is 1.65 bits per heavy atom. The molecule has 2 aromatic carbocycles. The van der Waals surface area contributed by atoms with E-state index in [4.69, 9.17) is 0 Å². The zero-order chi connectivity index (χ0) is 23.9. The summed E-state index contributed by atoms with van der Waals surface area (Å²) >= 11 is 1.26. The molecule has 0 unspecified atom stereocenters. The Hall–Kier alpha value is -3.48. The molecule has 1 aliphatic rings. The van der Waals surface area contributed by atoms with Gasteiger partial charge in [-0.15, -0.1) is 0 Å². The first-order chi connectivity index (χ1) is 16.3. The Labute approximate surface area is 199 Å². The highest BCUT2D eigenvalue weighted by atomic mass is 32.2. The largest absolute Gasteiger partial charge is 0.353 e. The molecule has 5 rings (SSSR count). The van der Waals surface area contributed by atoms with Gasteiger partial charge in [-0.25, -0.2) is 18.4 Å². The van der Waals surface area contributed by atoms with Crippen molar-refractivity contribution in [2.24, 2.45) is 0 Å². The van der Waals surface area contributed by atoms with Crippen LogP contribution in [0.1, 0.15) is 5.56 Å². The lowest BCUT2D eigenvalue weighted by Crippen LogP contribution is -2.48. The summed E-state index contributed by atoms with van der Waals surface area (Å²) in [6.07, 6.45) is 1.47. The van der Waals surface area contributed by atoms with E-state index in [9.17, 15) is 18.5 Å². The van der Waals surface area contributed by atoms with Crippen molar-refractivity contribution < 1.29 is 13.3 Å². The van der Waals surface area contributed by atoms with E-state index < -0.39 is 14.9 Å². The summed E-state index contributed by atoms with van der Waals surface area (Å²) in [5, 5.41) is 10.9. The third-order valence-corrected chi connectivity index (χ3v) is 8.53. The summed E-state index contributed by atoms with van der Waals surface area (Å²) in [6, 6.07) is 13.1. The van der Waals surface area contributed by atoms with Crippen LogP contribution in [0.4, 0.5) is 11.5 Å². The fraction of sp³-hybridized carbons (Fsp3) is 0.227. The molecule has 0 amide bonds. The maximum absolute atomic E-state index is 13.0. The summed E-state index contributed by atoms with van der Waals surface area (Å²) in [5.41, 5.74) is 3.06. The predicted octanol–water partition coefficient (Wildman–Crippen LogP) is 3.48. The molecule has 0 radical (unpaired) electrons. The van der Waals surface area contributed by atoms with Crippen molar-refractivity contribution in [1.29, 1.82) is 0 Å². The Balaban J connectivity index is 1.38. The number of hydrogen-bond acceptors (Lipinski definition) is 9. The molecule has 0 bridgehead atoms. The van der Waals surface area contributed by atoms with E-state index in [0.717, 1.165) is 15.8 Å². The first kappa shape index (κ1) is 22.3. The molecule has 1 aliphatic heterocycles. The second-order valence-corrected chi connectivity index (χ2v) is 10.6. The van der Waals surface area contributed by atoms with Crippen LogP contribution in [0.15, 0.2) is 59.8 Å². The average molecular weight is 497 g/mol. The van der Waals surface area contributed by atoms with E-state index >= 15 is 0 Å². The molecule has 34 heavy (non-hydrogen) atoms. The lowest BCUT2D eigenvalue weighted by Gasteiger charge is -2.34. The number of non-ortho nitro benzene ring substituents is 1. The van der Waals surface area contributed by atoms with Crippen molar-refractivity contribution in [2.45, 2.75) is 11.8 Å². The molecule has 0 N–H and O–H groups in total. The Bertz CT molecular complexity index is 1460. The van der Waals surface area contributed by atoms with Crippen molar-refractivity contribution in [3.8, 4) is 11.3 Å². The van der Waals surface area contributed by atoms with E-state index in [-0.39, 0.29) is 5.69 Å².